The van der Waals surface area contributed by atoms with Gasteiger partial charge in [0, 0.05) is 19.3 Å². The van der Waals surface area contributed by atoms with E-state index in [9.17, 15) is 9.59 Å². The van der Waals surface area contributed by atoms with Crippen molar-refractivity contribution in [3.63, 3.8) is 0 Å². The molecule has 1 saturated carbocycles. The second-order valence-electron chi connectivity index (χ2n) is 4.85. The van der Waals surface area contributed by atoms with Crippen LogP contribution >= 0.6 is 0 Å². The smallest absolute Gasteiger partial charge is 0.325 e. The third-order valence-electron chi connectivity index (χ3n) is 3.48. The maximum Gasteiger partial charge on any atom is 0.325 e. The van der Waals surface area contributed by atoms with Gasteiger partial charge in [-0.2, -0.15) is 0 Å². The number of ether oxygens (including phenoxy) is 1. The van der Waals surface area contributed by atoms with Crippen molar-refractivity contribution in [1.29, 1.82) is 0 Å². The van der Waals surface area contributed by atoms with E-state index in [1.54, 1.807) is 14.0 Å². The highest BCUT2D eigenvalue weighted by Gasteiger charge is 2.25. The van der Waals surface area contributed by atoms with E-state index in [0.717, 1.165) is 12.8 Å². The second-order valence-corrected chi connectivity index (χ2v) is 4.85. The van der Waals surface area contributed by atoms with Gasteiger partial charge in [-0.25, -0.2) is 0 Å². The Balaban J connectivity index is 2.02. The fraction of sp³-hybridized carbons (Fsp3) is 0.571. The largest absolute Gasteiger partial charge is 0.465 e. The van der Waals surface area contributed by atoms with Crippen LogP contribution in [-0.2, 0) is 9.53 Å². The van der Waals surface area contributed by atoms with E-state index >= 15 is 0 Å². The Morgan fingerprint density at radius 3 is 2.79 bits per heavy atom. The van der Waals surface area contributed by atoms with Crippen molar-refractivity contribution in [2.24, 2.45) is 0 Å². The lowest BCUT2D eigenvalue weighted by Crippen LogP contribution is -2.35. The van der Waals surface area contributed by atoms with Crippen LogP contribution in [0.25, 0.3) is 0 Å². The molecule has 2 rings (SSSR count). The molecule has 1 aromatic rings. The standard InChI is InChI=1S/C14H20N2O3/c1-3-19-13(17)10-15(2)14(18)12-8-5-9-16(12)11-6-4-7-11/h5,8-9,11H,3-4,6-7,10H2,1-2H3. The van der Waals surface area contributed by atoms with E-state index in [2.05, 4.69) is 0 Å². The molecule has 0 saturated heterocycles. The van der Waals surface area contributed by atoms with Crippen molar-refractivity contribution >= 4 is 11.9 Å². The van der Waals surface area contributed by atoms with Crippen LogP contribution in [0.5, 0.6) is 0 Å². The van der Waals surface area contributed by atoms with Crippen molar-refractivity contribution in [2.75, 3.05) is 20.2 Å². The molecule has 19 heavy (non-hydrogen) atoms. The number of aromatic nitrogens is 1. The van der Waals surface area contributed by atoms with Crippen LogP contribution in [0.1, 0.15) is 42.7 Å². The minimum Gasteiger partial charge on any atom is -0.465 e. The molecule has 1 fully saturated rings. The summed E-state index contributed by atoms with van der Waals surface area (Å²) in [4.78, 5) is 25.1. The number of likely N-dealkylation sites (N-methyl/N-ethyl adjacent to an activating group) is 1. The molecule has 0 atom stereocenters. The third-order valence-corrected chi connectivity index (χ3v) is 3.48. The number of rotatable bonds is 5. The number of nitrogens with zero attached hydrogens (tertiary/aromatic N) is 2. The molecule has 1 aliphatic rings. The Morgan fingerprint density at radius 1 is 1.47 bits per heavy atom. The predicted octanol–water partition coefficient (Wildman–Crippen LogP) is 1.85. The third kappa shape index (κ3) is 2.97. The molecule has 0 bridgehead atoms. The van der Waals surface area contributed by atoms with E-state index < -0.39 is 0 Å². The maximum atomic E-state index is 12.3. The van der Waals surface area contributed by atoms with Crippen LogP contribution in [0.3, 0.4) is 0 Å². The number of hydrogen-bond donors (Lipinski definition) is 0. The first-order valence-electron chi connectivity index (χ1n) is 6.71. The fourth-order valence-corrected chi connectivity index (χ4v) is 2.23. The number of hydrogen-bond acceptors (Lipinski definition) is 3. The summed E-state index contributed by atoms with van der Waals surface area (Å²) in [5.41, 5.74) is 0.650. The highest BCUT2D eigenvalue weighted by Crippen LogP contribution is 2.32. The van der Waals surface area contributed by atoms with Crippen LogP contribution in [0.2, 0.25) is 0 Å². The summed E-state index contributed by atoms with van der Waals surface area (Å²) in [5, 5.41) is 0. The highest BCUT2D eigenvalue weighted by atomic mass is 16.5. The van der Waals surface area contributed by atoms with Gasteiger partial charge in [0.2, 0.25) is 0 Å². The van der Waals surface area contributed by atoms with E-state index in [1.165, 1.54) is 11.3 Å². The van der Waals surface area contributed by atoms with Gasteiger partial charge >= 0.3 is 5.97 Å². The number of carbonyl (C=O) groups excluding carboxylic acids is 2. The Bertz CT molecular complexity index is 463. The molecule has 1 heterocycles. The minimum atomic E-state index is -0.375. The van der Waals surface area contributed by atoms with Crippen molar-refractivity contribution in [1.82, 2.24) is 9.47 Å². The van der Waals surface area contributed by atoms with Gasteiger partial charge in [-0.05, 0) is 38.3 Å². The summed E-state index contributed by atoms with van der Waals surface area (Å²) in [5.74, 6) is -0.509. The number of carbonyl (C=O) groups is 2. The summed E-state index contributed by atoms with van der Waals surface area (Å²) < 4.78 is 6.87. The lowest BCUT2D eigenvalue weighted by atomic mass is 9.93. The molecule has 1 aliphatic carbocycles. The quantitative estimate of drug-likeness (QED) is 0.763. The zero-order valence-corrected chi connectivity index (χ0v) is 11.5. The molecular formula is C14H20N2O3. The SMILES string of the molecule is CCOC(=O)CN(C)C(=O)c1cccn1C1CCC1. The van der Waals surface area contributed by atoms with Crippen LogP contribution in [0.4, 0.5) is 0 Å². The molecule has 0 N–H and O–H groups in total. The average molecular weight is 264 g/mol. The van der Waals surface area contributed by atoms with E-state index in [4.69, 9.17) is 4.74 Å². The molecular weight excluding hydrogens is 244 g/mol. The van der Waals surface area contributed by atoms with Gasteiger partial charge in [0.1, 0.15) is 12.2 Å². The second kappa shape index (κ2) is 5.91. The fourth-order valence-electron chi connectivity index (χ4n) is 2.23. The Labute approximate surface area is 113 Å². The summed E-state index contributed by atoms with van der Waals surface area (Å²) in [6, 6.07) is 4.12. The maximum absolute atomic E-state index is 12.3. The van der Waals surface area contributed by atoms with Crippen LogP contribution < -0.4 is 0 Å². The van der Waals surface area contributed by atoms with E-state index in [0.29, 0.717) is 18.3 Å². The Kier molecular flexibility index (Phi) is 4.24. The van der Waals surface area contributed by atoms with Gasteiger partial charge in [0.05, 0.1) is 6.61 Å². The van der Waals surface area contributed by atoms with Gasteiger partial charge < -0.3 is 14.2 Å². The van der Waals surface area contributed by atoms with Crippen LogP contribution in [-0.4, -0.2) is 41.5 Å². The zero-order chi connectivity index (χ0) is 13.8. The summed E-state index contributed by atoms with van der Waals surface area (Å²) in [6.45, 7) is 2.07. The lowest BCUT2D eigenvalue weighted by Gasteiger charge is -2.29. The predicted molar refractivity (Wildman–Crippen MR) is 70.9 cm³/mol. The van der Waals surface area contributed by atoms with Crippen LogP contribution in [0.15, 0.2) is 18.3 Å². The molecule has 0 unspecified atom stereocenters. The van der Waals surface area contributed by atoms with Crippen molar-refractivity contribution < 1.29 is 14.3 Å². The van der Waals surface area contributed by atoms with Crippen molar-refractivity contribution in [2.45, 2.75) is 32.2 Å². The minimum absolute atomic E-state index is 0.0114. The topological polar surface area (TPSA) is 51.5 Å². The lowest BCUT2D eigenvalue weighted by molar-refractivity contribution is -0.143. The van der Waals surface area contributed by atoms with Gasteiger partial charge in [0.15, 0.2) is 0 Å². The molecule has 1 aromatic heterocycles. The van der Waals surface area contributed by atoms with Crippen molar-refractivity contribution in [3.05, 3.63) is 24.0 Å². The molecule has 0 spiro atoms. The molecule has 1 amide bonds. The monoisotopic (exact) mass is 264 g/mol. The molecule has 0 radical (unpaired) electrons. The average Bonchev–Trinajstić information content (AvgIpc) is 2.74. The Hall–Kier alpha value is -1.78. The van der Waals surface area contributed by atoms with Gasteiger partial charge in [0.25, 0.3) is 5.91 Å². The van der Waals surface area contributed by atoms with Crippen molar-refractivity contribution in [3.8, 4) is 0 Å². The van der Waals surface area contributed by atoms with Gasteiger partial charge in [-0.1, -0.05) is 0 Å². The summed E-state index contributed by atoms with van der Waals surface area (Å²) in [7, 11) is 1.62. The molecule has 0 aromatic carbocycles. The Morgan fingerprint density at radius 2 is 2.21 bits per heavy atom. The first-order valence-corrected chi connectivity index (χ1v) is 6.71. The van der Waals surface area contributed by atoms with E-state index in [1.807, 2.05) is 22.9 Å². The molecule has 104 valence electrons. The molecule has 0 aliphatic heterocycles. The first-order chi connectivity index (χ1) is 9.13. The van der Waals surface area contributed by atoms with Gasteiger partial charge in [-0.3, -0.25) is 9.59 Å². The summed E-state index contributed by atoms with van der Waals surface area (Å²) in [6.07, 6.45) is 5.40. The van der Waals surface area contributed by atoms with Crippen LogP contribution in [0, 0.1) is 0 Å². The molecule has 5 nitrogen and oxygen atoms in total. The van der Waals surface area contributed by atoms with Gasteiger partial charge in [-0.15, -0.1) is 0 Å². The zero-order valence-electron chi connectivity index (χ0n) is 11.5. The summed E-state index contributed by atoms with van der Waals surface area (Å²) >= 11 is 0. The highest BCUT2D eigenvalue weighted by molar-refractivity contribution is 5.94. The number of esters is 1. The molecule has 5 heteroatoms. The first kappa shape index (κ1) is 13.6. The normalized spacial score (nSPS) is 14.8. The number of amides is 1. The van der Waals surface area contributed by atoms with E-state index in [-0.39, 0.29) is 18.4 Å².